The fraction of sp³-hybridized carbons (Fsp3) is 0.290. The van der Waals surface area contributed by atoms with Crippen LogP contribution < -0.4 is 15.0 Å². The normalized spacial score (nSPS) is 16.1. The van der Waals surface area contributed by atoms with Gasteiger partial charge in [0.05, 0.1) is 31.5 Å². The van der Waals surface area contributed by atoms with Gasteiger partial charge in [-0.3, -0.25) is 14.8 Å². The third kappa shape index (κ3) is 6.81. The number of pyridine rings is 2. The molecule has 1 amide bonds. The van der Waals surface area contributed by atoms with Crippen molar-refractivity contribution in [3.63, 3.8) is 0 Å². The maximum absolute atomic E-state index is 15.1. The molecule has 3 heterocycles. The quantitative estimate of drug-likeness (QED) is 0.224. The van der Waals surface area contributed by atoms with Gasteiger partial charge in [-0.1, -0.05) is 18.2 Å². The second-order valence-corrected chi connectivity index (χ2v) is 10.6. The van der Waals surface area contributed by atoms with Crippen molar-refractivity contribution in [2.75, 3.05) is 31.8 Å². The molecular weight excluding hydrogens is 660 g/mol. The molecule has 0 aliphatic carbocycles. The van der Waals surface area contributed by atoms with Gasteiger partial charge in [0.25, 0.3) is 5.91 Å². The van der Waals surface area contributed by atoms with Crippen molar-refractivity contribution in [1.82, 2.24) is 15.3 Å². The number of hydrogen-bond acceptors (Lipinski definition) is 7. The van der Waals surface area contributed by atoms with Gasteiger partial charge in [0.1, 0.15) is 40.6 Å². The number of anilines is 1. The predicted molar refractivity (Wildman–Crippen MR) is 153 cm³/mol. The molecule has 9 nitrogen and oxygen atoms in total. The summed E-state index contributed by atoms with van der Waals surface area (Å²) in [4.78, 5) is 34.0. The van der Waals surface area contributed by atoms with Crippen LogP contribution in [0.2, 0.25) is 0 Å². The number of nitrogens with zero attached hydrogens (tertiary/aromatic N) is 3. The van der Waals surface area contributed by atoms with Gasteiger partial charge in [-0.25, -0.2) is 13.6 Å². The number of aliphatic carboxylic acids is 1. The number of nitrogens with one attached hydrogen (secondary N) is 1. The van der Waals surface area contributed by atoms with Crippen LogP contribution in [0.3, 0.4) is 0 Å². The van der Waals surface area contributed by atoms with E-state index in [1.807, 2.05) is 5.32 Å². The minimum atomic E-state index is -4.88. The van der Waals surface area contributed by atoms with Crippen LogP contribution in [-0.4, -0.2) is 72.1 Å². The molecule has 1 fully saturated rings. The van der Waals surface area contributed by atoms with Gasteiger partial charge in [-0.2, -0.15) is 26.3 Å². The molecule has 0 saturated carbocycles. The minimum absolute atomic E-state index is 0.00432. The van der Waals surface area contributed by atoms with Crippen molar-refractivity contribution in [2.24, 2.45) is 0 Å². The standard InChI is InChI=1S/C31H24F8N4O5/c1-47-22-6-8-41-27(25(22)31(37,38)39)18-5-4-15(17-3-2-7-40-26(17)18)11-21(29(45)46)42-28(44)24-19(32)12-16(13-20(24)33)43-9-10-48-14-23(43)30(34,35)36/h2-8,12-13,21,23H,9-11,14H2,1H3,(H,42,44)(H,45,46)/t21?,23-/m1/s1. The van der Waals surface area contributed by atoms with Gasteiger partial charge in [-0.15, -0.1) is 0 Å². The summed E-state index contributed by atoms with van der Waals surface area (Å²) in [7, 11) is 1.06. The number of halogens is 8. The molecule has 5 rings (SSSR count). The summed E-state index contributed by atoms with van der Waals surface area (Å²) in [6, 6.07) is 3.53. The van der Waals surface area contributed by atoms with Crippen molar-refractivity contribution in [2.45, 2.75) is 30.9 Å². The van der Waals surface area contributed by atoms with Crippen molar-refractivity contribution in [3.8, 4) is 17.0 Å². The molecule has 2 N–H and O–H groups in total. The molecule has 48 heavy (non-hydrogen) atoms. The van der Waals surface area contributed by atoms with Crippen molar-refractivity contribution in [3.05, 3.63) is 83.2 Å². The fourth-order valence-electron chi connectivity index (χ4n) is 5.47. The van der Waals surface area contributed by atoms with Gasteiger partial charge in [0.15, 0.2) is 0 Å². The topological polar surface area (TPSA) is 114 Å². The number of methoxy groups -OCH3 is 1. The van der Waals surface area contributed by atoms with E-state index in [1.54, 1.807) is 0 Å². The van der Waals surface area contributed by atoms with Crippen LogP contribution in [0.1, 0.15) is 21.5 Å². The lowest BCUT2D eigenvalue weighted by molar-refractivity contribution is -0.167. The molecule has 2 aromatic carbocycles. The summed E-state index contributed by atoms with van der Waals surface area (Å²) in [6.45, 7) is -1.27. The molecule has 4 aromatic rings. The lowest BCUT2D eigenvalue weighted by atomic mass is 9.95. The second kappa shape index (κ2) is 13.2. The molecule has 1 aliphatic heterocycles. The van der Waals surface area contributed by atoms with Crippen molar-refractivity contribution >= 4 is 28.5 Å². The molecule has 0 spiro atoms. The highest BCUT2D eigenvalue weighted by Gasteiger charge is 2.46. The highest BCUT2D eigenvalue weighted by Crippen LogP contribution is 2.43. The summed E-state index contributed by atoms with van der Waals surface area (Å²) in [5.74, 6) is -6.70. The molecule has 17 heteroatoms. The van der Waals surface area contributed by atoms with E-state index in [1.165, 1.54) is 30.5 Å². The lowest BCUT2D eigenvalue weighted by Crippen LogP contribution is -2.53. The van der Waals surface area contributed by atoms with Crippen molar-refractivity contribution < 1.29 is 59.3 Å². The Morgan fingerprint density at radius 1 is 1.06 bits per heavy atom. The van der Waals surface area contributed by atoms with Crippen LogP contribution in [0, 0.1) is 11.6 Å². The van der Waals surface area contributed by atoms with Crippen LogP contribution in [0.4, 0.5) is 40.8 Å². The number of rotatable bonds is 8. The van der Waals surface area contributed by atoms with Gasteiger partial charge in [-0.05, 0) is 29.8 Å². The number of amides is 1. The third-order valence-electron chi connectivity index (χ3n) is 7.65. The number of ether oxygens (including phenoxy) is 2. The average Bonchev–Trinajstić information content (AvgIpc) is 3.03. The Morgan fingerprint density at radius 2 is 1.77 bits per heavy atom. The first-order chi connectivity index (χ1) is 22.6. The van der Waals surface area contributed by atoms with E-state index in [2.05, 4.69) is 9.97 Å². The second-order valence-electron chi connectivity index (χ2n) is 10.6. The number of carboxylic acids is 1. The van der Waals surface area contributed by atoms with E-state index >= 15 is 8.78 Å². The fourth-order valence-corrected chi connectivity index (χ4v) is 5.47. The Hall–Kier alpha value is -5.06. The Balaban J connectivity index is 1.46. The SMILES string of the molecule is COc1ccnc(-c2ccc(CC(NC(=O)c3c(F)cc(N4CCOC[C@@H]4C(F)(F)F)cc3F)C(=O)O)c3cccnc23)c1C(F)(F)F. The minimum Gasteiger partial charge on any atom is -0.496 e. The lowest BCUT2D eigenvalue weighted by Gasteiger charge is -2.38. The molecule has 1 aliphatic rings. The molecule has 1 saturated heterocycles. The maximum Gasteiger partial charge on any atom is 0.422 e. The van der Waals surface area contributed by atoms with E-state index in [-0.39, 0.29) is 35.2 Å². The molecule has 1 unspecified atom stereocenters. The summed E-state index contributed by atoms with van der Waals surface area (Å²) >= 11 is 0. The molecular formula is C31H24F8N4O5. The highest BCUT2D eigenvalue weighted by atomic mass is 19.4. The zero-order valence-electron chi connectivity index (χ0n) is 24.6. The summed E-state index contributed by atoms with van der Waals surface area (Å²) in [5.41, 5.74) is -3.27. The van der Waals surface area contributed by atoms with Crippen LogP contribution in [0.15, 0.2) is 54.9 Å². The number of benzene rings is 2. The highest BCUT2D eigenvalue weighted by molar-refractivity contribution is 5.98. The molecule has 254 valence electrons. The van der Waals surface area contributed by atoms with E-state index < -0.39 is 89.2 Å². The zero-order chi connectivity index (χ0) is 35.0. The Morgan fingerprint density at radius 3 is 2.40 bits per heavy atom. The number of fused-ring (bicyclic) bond motifs is 1. The Kier molecular flexibility index (Phi) is 9.44. The van der Waals surface area contributed by atoms with E-state index in [4.69, 9.17) is 9.47 Å². The molecule has 0 bridgehead atoms. The number of hydrogen-bond donors (Lipinski definition) is 2. The van der Waals surface area contributed by atoms with E-state index in [0.29, 0.717) is 17.0 Å². The summed E-state index contributed by atoms with van der Waals surface area (Å²) < 4.78 is 123. The van der Waals surface area contributed by atoms with Gasteiger partial charge in [0.2, 0.25) is 0 Å². The first-order valence-electron chi connectivity index (χ1n) is 14.0. The number of carbonyl (C=O) groups is 2. The predicted octanol–water partition coefficient (Wildman–Crippen LogP) is 5.80. The number of aromatic nitrogens is 2. The maximum atomic E-state index is 15.1. The first kappa shape index (κ1) is 34.3. The summed E-state index contributed by atoms with van der Waals surface area (Å²) in [6.07, 6.45) is -7.77. The third-order valence-corrected chi connectivity index (χ3v) is 7.65. The molecule has 0 radical (unpaired) electrons. The van der Waals surface area contributed by atoms with E-state index in [0.717, 1.165) is 19.4 Å². The number of morpholine rings is 1. The average molecular weight is 685 g/mol. The van der Waals surface area contributed by atoms with Crippen molar-refractivity contribution in [1.29, 1.82) is 0 Å². The van der Waals surface area contributed by atoms with Gasteiger partial charge >= 0.3 is 18.3 Å². The Labute approximate surface area is 266 Å². The Bertz CT molecular complexity index is 1840. The first-order valence-corrected chi connectivity index (χ1v) is 14.0. The van der Waals surface area contributed by atoms with Crippen LogP contribution in [0.5, 0.6) is 5.75 Å². The molecule has 2 aromatic heterocycles. The monoisotopic (exact) mass is 684 g/mol. The number of carbonyl (C=O) groups excluding carboxylic acids is 1. The van der Waals surface area contributed by atoms with Crippen LogP contribution >= 0.6 is 0 Å². The number of alkyl halides is 6. The van der Waals surface area contributed by atoms with Crippen LogP contribution in [-0.2, 0) is 22.1 Å². The van der Waals surface area contributed by atoms with Gasteiger partial charge < -0.3 is 24.8 Å². The van der Waals surface area contributed by atoms with Crippen LogP contribution in [0.25, 0.3) is 22.2 Å². The zero-order valence-corrected chi connectivity index (χ0v) is 24.6. The smallest absolute Gasteiger partial charge is 0.422 e. The summed E-state index contributed by atoms with van der Waals surface area (Å²) in [5, 5.41) is 12.1. The largest absolute Gasteiger partial charge is 0.496 e. The molecule has 2 atom stereocenters. The number of carboxylic acid groups (broad SMARTS) is 1. The van der Waals surface area contributed by atoms with Gasteiger partial charge in [0, 0.05) is 42.0 Å². The van der Waals surface area contributed by atoms with E-state index in [9.17, 15) is 41.0 Å².